The van der Waals surface area contributed by atoms with Crippen LogP contribution in [0.1, 0.15) is 34.1 Å². The number of nitrogens with two attached hydrogens (primary N) is 1. The first-order chi connectivity index (χ1) is 8.75. The highest BCUT2D eigenvalue weighted by Crippen LogP contribution is 2.33. The molecule has 0 aromatic rings. The van der Waals surface area contributed by atoms with Crippen molar-refractivity contribution in [2.75, 3.05) is 26.3 Å². The fourth-order valence-electron chi connectivity index (χ4n) is 2.81. The summed E-state index contributed by atoms with van der Waals surface area (Å²) in [6.45, 7) is 11.0. The highest BCUT2D eigenvalue weighted by atomic mass is 16.5. The Kier molecular flexibility index (Phi) is 3.76. The van der Waals surface area contributed by atoms with Crippen molar-refractivity contribution < 1.29 is 9.53 Å². The summed E-state index contributed by atoms with van der Waals surface area (Å²) in [6, 6.07) is -0.187. The van der Waals surface area contributed by atoms with E-state index in [1.165, 1.54) is 5.57 Å². The molecule has 4 nitrogen and oxygen atoms in total. The predicted octanol–water partition coefficient (Wildman–Crippen LogP) is 1.56. The lowest BCUT2D eigenvalue weighted by Gasteiger charge is -2.37. The largest absolute Gasteiger partial charge is 0.379 e. The van der Waals surface area contributed by atoms with Gasteiger partial charge in [0.05, 0.1) is 18.6 Å². The van der Waals surface area contributed by atoms with Crippen LogP contribution < -0.4 is 5.73 Å². The van der Waals surface area contributed by atoms with Gasteiger partial charge in [0.2, 0.25) is 5.91 Å². The van der Waals surface area contributed by atoms with E-state index in [0.29, 0.717) is 19.8 Å². The van der Waals surface area contributed by atoms with Gasteiger partial charge in [0.25, 0.3) is 0 Å². The van der Waals surface area contributed by atoms with Gasteiger partial charge >= 0.3 is 0 Å². The molecule has 0 saturated carbocycles. The summed E-state index contributed by atoms with van der Waals surface area (Å²) >= 11 is 0. The molecule has 4 heteroatoms. The van der Waals surface area contributed by atoms with Gasteiger partial charge in [-0.15, -0.1) is 0 Å². The highest BCUT2D eigenvalue weighted by molar-refractivity contribution is 5.84. The molecule has 108 valence electrons. The van der Waals surface area contributed by atoms with Crippen LogP contribution in [0.2, 0.25) is 0 Å². The van der Waals surface area contributed by atoms with Crippen molar-refractivity contribution in [2.45, 2.75) is 40.2 Å². The molecule has 2 N–H and O–H groups in total. The van der Waals surface area contributed by atoms with Gasteiger partial charge in [0.1, 0.15) is 0 Å². The van der Waals surface area contributed by atoms with Crippen LogP contribution in [0.4, 0.5) is 0 Å². The molecule has 2 heterocycles. The van der Waals surface area contributed by atoms with Gasteiger partial charge in [-0.2, -0.15) is 0 Å². The first-order valence-electron chi connectivity index (χ1n) is 7.07. The van der Waals surface area contributed by atoms with Crippen LogP contribution >= 0.6 is 0 Å². The third-order valence-corrected chi connectivity index (χ3v) is 4.47. The Hall–Kier alpha value is -0.870. The second-order valence-corrected chi connectivity index (χ2v) is 7.02. The summed E-state index contributed by atoms with van der Waals surface area (Å²) in [4.78, 5) is 14.5. The fraction of sp³-hybridized carbons (Fsp3) is 0.800. The molecule has 0 aromatic heterocycles. The third-order valence-electron chi connectivity index (χ3n) is 4.47. The number of ether oxygens (including phenoxy) is 1. The Labute approximate surface area is 116 Å². The molecule has 2 aliphatic heterocycles. The summed E-state index contributed by atoms with van der Waals surface area (Å²) in [5.41, 5.74) is 7.12. The average Bonchev–Trinajstić information content (AvgIpc) is 2.69. The number of rotatable bonds is 1. The van der Waals surface area contributed by atoms with Gasteiger partial charge < -0.3 is 15.4 Å². The second-order valence-electron chi connectivity index (χ2n) is 7.02. The molecule has 1 saturated heterocycles. The minimum atomic E-state index is -0.549. The molecule has 0 radical (unpaired) electrons. The molecule has 0 bridgehead atoms. The van der Waals surface area contributed by atoms with E-state index in [0.717, 1.165) is 13.0 Å². The van der Waals surface area contributed by atoms with Crippen LogP contribution in [-0.4, -0.2) is 43.2 Å². The van der Waals surface area contributed by atoms with E-state index in [1.54, 1.807) is 0 Å². The van der Waals surface area contributed by atoms with E-state index in [-0.39, 0.29) is 17.4 Å². The molecule has 0 spiro atoms. The van der Waals surface area contributed by atoms with E-state index < -0.39 is 5.41 Å². The van der Waals surface area contributed by atoms with E-state index in [1.807, 2.05) is 11.8 Å². The van der Waals surface area contributed by atoms with Crippen LogP contribution in [0.15, 0.2) is 11.6 Å². The Morgan fingerprint density at radius 2 is 2.21 bits per heavy atom. The lowest BCUT2D eigenvalue weighted by molar-refractivity contribution is -0.141. The third kappa shape index (κ3) is 2.70. The van der Waals surface area contributed by atoms with E-state index in [4.69, 9.17) is 10.5 Å². The predicted molar refractivity (Wildman–Crippen MR) is 75.6 cm³/mol. The SMILES string of the molecule is CC(C)(C)C1=CCN(C(=O)C2(C)COCC2N)CC1. The molecule has 2 atom stereocenters. The van der Waals surface area contributed by atoms with Crippen molar-refractivity contribution in [1.29, 1.82) is 0 Å². The number of nitrogens with zero attached hydrogens (tertiary/aromatic N) is 1. The smallest absolute Gasteiger partial charge is 0.232 e. The number of amides is 1. The molecular formula is C15H26N2O2. The number of carbonyl (C=O) groups excluding carboxylic acids is 1. The van der Waals surface area contributed by atoms with E-state index >= 15 is 0 Å². The van der Waals surface area contributed by atoms with Gasteiger partial charge in [0.15, 0.2) is 0 Å². The second kappa shape index (κ2) is 4.91. The summed E-state index contributed by atoms with van der Waals surface area (Å²) in [6.07, 6.45) is 3.16. The van der Waals surface area contributed by atoms with Crippen LogP contribution in [0.5, 0.6) is 0 Å². The van der Waals surface area contributed by atoms with Gasteiger partial charge in [-0.05, 0) is 18.8 Å². The minimum Gasteiger partial charge on any atom is -0.379 e. The quantitative estimate of drug-likeness (QED) is 0.733. The van der Waals surface area contributed by atoms with Crippen molar-refractivity contribution >= 4 is 5.91 Å². The molecule has 2 rings (SSSR count). The van der Waals surface area contributed by atoms with Crippen LogP contribution in [0.3, 0.4) is 0 Å². The Morgan fingerprint density at radius 1 is 1.53 bits per heavy atom. The number of hydrogen-bond donors (Lipinski definition) is 1. The molecule has 1 amide bonds. The van der Waals surface area contributed by atoms with Gasteiger partial charge in [-0.3, -0.25) is 4.79 Å². The lowest BCUT2D eigenvalue weighted by atomic mass is 9.81. The summed E-state index contributed by atoms with van der Waals surface area (Å²) in [5.74, 6) is 0.140. The minimum absolute atomic E-state index is 0.140. The molecule has 2 aliphatic rings. The monoisotopic (exact) mass is 266 g/mol. The number of carbonyl (C=O) groups is 1. The molecule has 1 fully saturated rings. The zero-order chi connectivity index (χ0) is 14.3. The maximum Gasteiger partial charge on any atom is 0.232 e. The first-order valence-corrected chi connectivity index (χ1v) is 7.07. The normalized spacial score (nSPS) is 32.4. The van der Waals surface area contributed by atoms with Crippen molar-refractivity contribution in [1.82, 2.24) is 4.90 Å². The molecule has 19 heavy (non-hydrogen) atoms. The zero-order valence-electron chi connectivity index (χ0n) is 12.5. The van der Waals surface area contributed by atoms with Crippen molar-refractivity contribution in [2.24, 2.45) is 16.6 Å². The first kappa shape index (κ1) is 14.5. The van der Waals surface area contributed by atoms with Crippen LogP contribution in [-0.2, 0) is 9.53 Å². The van der Waals surface area contributed by atoms with Crippen molar-refractivity contribution in [3.05, 3.63) is 11.6 Å². The Morgan fingerprint density at radius 3 is 2.63 bits per heavy atom. The average molecular weight is 266 g/mol. The summed E-state index contributed by atoms with van der Waals surface area (Å²) < 4.78 is 5.37. The Balaban J connectivity index is 2.06. The highest BCUT2D eigenvalue weighted by Gasteiger charge is 2.46. The van der Waals surface area contributed by atoms with E-state index in [2.05, 4.69) is 26.8 Å². The van der Waals surface area contributed by atoms with Crippen molar-refractivity contribution in [3.63, 3.8) is 0 Å². The molecule has 0 aliphatic carbocycles. The Bertz CT molecular complexity index is 397. The van der Waals surface area contributed by atoms with Crippen LogP contribution in [0.25, 0.3) is 0 Å². The maximum atomic E-state index is 12.6. The summed E-state index contributed by atoms with van der Waals surface area (Å²) in [5, 5.41) is 0. The van der Waals surface area contributed by atoms with Gasteiger partial charge in [-0.25, -0.2) is 0 Å². The van der Waals surface area contributed by atoms with Crippen molar-refractivity contribution in [3.8, 4) is 0 Å². The molecule has 2 unspecified atom stereocenters. The van der Waals surface area contributed by atoms with Gasteiger partial charge in [-0.1, -0.05) is 32.4 Å². The zero-order valence-corrected chi connectivity index (χ0v) is 12.5. The van der Waals surface area contributed by atoms with E-state index in [9.17, 15) is 4.79 Å². The van der Waals surface area contributed by atoms with Gasteiger partial charge in [0, 0.05) is 19.1 Å². The number of hydrogen-bond acceptors (Lipinski definition) is 3. The fourth-order valence-corrected chi connectivity index (χ4v) is 2.81. The summed E-state index contributed by atoms with van der Waals surface area (Å²) in [7, 11) is 0. The molecule has 0 aromatic carbocycles. The lowest BCUT2D eigenvalue weighted by Crippen LogP contribution is -2.52. The molecular weight excluding hydrogens is 240 g/mol. The van der Waals surface area contributed by atoms with Crippen LogP contribution in [0, 0.1) is 10.8 Å². The topological polar surface area (TPSA) is 55.6 Å². The maximum absolute atomic E-state index is 12.6. The standard InChI is InChI=1S/C15H26N2O2/c1-14(2,3)11-5-7-17(8-6-11)13(18)15(4)10-19-9-12(15)16/h5,12H,6-10,16H2,1-4H3.